The second kappa shape index (κ2) is 3.63. The van der Waals surface area contributed by atoms with E-state index >= 15 is 0 Å². The molecule has 2 N–H and O–H groups in total. The summed E-state index contributed by atoms with van der Waals surface area (Å²) >= 11 is 5.65. The second-order valence-electron chi connectivity index (χ2n) is 2.69. The predicted molar refractivity (Wildman–Crippen MR) is 49.4 cm³/mol. The van der Waals surface area contributed by atoms with Gasteiger partial charge in [0.05, 0.1) is 11.8 Å². The molecule has 0 saturated carbocycles. The lowest BCUT2D eigenvalue weighted by Crippen LogP contribution is -2.08. The molecule has 0 aromatic carbocycles. The summed E-state index contributed by atoms with van der Waals surface area (Å²) in [6, 6.07) is 3.30. The normalized spacial score (nSPS) is 10.3. The van der Waals surface area contributed by atoms with E-state index in [1.165, 1.54) is 0 Å². The van der Waals surface area contributed by atoms with Crippen molar-refractivity contribution in [1.82, 2.24) is 4.98 Å². The maximum Gasteiger partial charge on any atom is 0.238 e. The average molecular weight is 187 g/mol. The van der Waals surface area contributed by atoms with Gasteiger partial charge in [0.1, 0.15) is 5.15 Å². The van der Waals surface area contributed by atoms with Crippen molar-refractivity contribution in [2.24, 2.45) is 0 Å². The Labute approximate surface area is 76.5 Å². The van der Waals surface area contributed by atoms with Crippen LogP contribution in [0.2, 0.25) is 5.15 Å². The Kier molecular flexibility index (Phi) is 2.76. The molecule has 3 nitrogen and oxygen atoms in total. The Balaban J connectivity index is 2.90. The Morgan fingerprint density at radius 2 is 2.17 bits per heavy atom. The monoisotopic (exact) mass is 186 g/mol. The molecule has 12 heavy (non-hydrogen) atoms. The summed E-state index contributed by atoms with van der Waals surface area (Å²) in [5, 5.41) is 0.389. The quantitative estimate of drug-likeness (QED) is 0.720. The number of nitrogens with two attached hydrogens (primary N) is 1. The Hall–Kier alpha value is -0.960. The van der Waals surface area contributed by atoms with Gasteiger partial charge in [-0.05, 0) is 26.0 Å². The molecule has 1 aromatic heterocycles. The first-order valence-electron chi connectivity index (χ1n) is 3.68. The van der Waals surface area contributed by atoms with E-state index in [0.29, 0.717) is 16.7 Å². The fourth-order valence-corrected chi connectivity index (χ4v) is 0.886. The molecule has 1 rings (SSSR count). The van der Waals surface area contributed by atoms with Gasteiger partial charge in [-0.2, -0.15) is 4.98 Å². The summed E-state index contributed by atoms with van der Waals surface area (Å²) in [5.74, 6) is 0.400. The van der Waals surface area contributed by atoms with Gasteiger partial charge in [-0.15, -0.1) is 0 Å². The third kappa shape index (κ3) is 2.27. The summed E-state index contributed by atoms with van der Waals surface area (Å²) in [5.41, 5.74) is 6.10. The van der Waals surface area contributed by atoms with Gasteiger partial charge in [-0.3, -0.25) is 0 Å². The summed E-state index contributed by atoms with van der Waals surface area (Å²) in [4.78, 5) is 3.93. The molecule has 0 aliphatic rings. The number of pyridine rings is 1. The molecule has 0 radical (unpaired) electrons. The molecular formula is C8H11ClN2O. The first kappa shape index (κ1) is 9.13. The zero-order chi connectivity index (χ0) is 9.14. The van der Waals surface area contributed by atoms with E-state index in [-0.39, 0.29) is 6.10 Å². The van der Waals surface area contributed by atoms with Crippen LogP contribution >= 0.6 is 11.6 Å². The Morgan fingerprint density at radius 3 is 2.75 bits per heavy atom. The van der Waals surface area contributed by atoms with Gasteiger partial charge in [-0.25, -0.2) is 0 Å². The van der Waals surface area contributed by atoms with Gasteiger partial charge in [0, 0.05) is 0 Å². The summed E-state index contributed by atoms with van der Waals surface area (Å²) in [7, 11) is 0. The van der Waals surface area contributed by atoms with Crippen molar-refractivity contribution in [1.29, 1.82) is 0 Å². The third-order valence-corrected chi connectivity index (χ3v) is 1.41. The van der Waals surface area contributed by atoms with E-state index in [9.17, 15) is 0 Å². The molecule has 0 amide bonds. The Bertz CT molecular complexity index is 276. The maximum atomic E-state index is 5.65. The molecule has 0 unspecified atom stereocenters. The van der Waals surface area contributed by atoms with E-state index in [1.54, 1.807) is 12.1 Å². The van der Waals surface area contributed by atoms with Crippen LogP contribution < -0.4 is 10.5 Å². The highest BCUT2D eigenvalue weighted by atomic mass is 35.5. The summed E-state index contributed by atoms with van der Waals surface area (Å²) in [6.07, 6.45) is 0.0540. The van der Waals surface area contributed by atoms with Crippen LogP contribution in [0.5, 0.6) is 5.88 Å². The van der Waals surface area contributed by atoms with Gasteiger partial charge in [0.25, 0.3) is 0 Å². The number of halogens is 1. The van der Waals surface area contributed by atoms with Crippen molar-refractivity contribution in [2.75, 3.05) is 5.73 Å². The van der Waals surface area contributed by atoms with Crippen LogP contribution in [0.3, 0.4) is 0 Å². The molecule has 1 aromatic rings. The fourth-order valence-electron chi connectivity index (χ4n) is 0.746. The molecule has 0 aliphatic heterocycles. The number of anilines is 1. The lowest BCUT2D eigenvalue weighted by atomic mass is 10.4. The van der Waals surface area contributed by atoms with Crippen LogP contribution in [-0.4, -0.2) is 11.1 Å². The highest BCUT2D eigenvalue weighted by Gasteiger charge is 2.04. The van der Waals surface area contributed by atoms with Gasteiger partial charge in [-0.1, -0.05) is 11.6 Å². The zero-order valence-electron chi connectivity index (χ0n) is 7.04. The molecule has 0 fully saturated rings. The zero-order valence-corrected chi connectivity index (χ0v) is 7.80. The molecule has 1 heterocycles. The molecular weight excluding hydrogens is 176 g/mol. The van der Waals surface area contributed by atoms with Gasteiger partial charge in [0.15, 0.2) is 0 Å². The van der Waals surface area contributed by atoms with Gasteiger partial charge in [0.2, 0.25) is 5.88 Å². The van der Waals surface area contributed by atoms with Crippen LogP contribution in [0.25, 0.3) is 0 Å². The van der Waals surface area contributed by atoms with E-state index in [1.807, 2.05) is 13.8 Å². The van der Waals surface area contributed by atoms with E-state index in [0.717, 1.165) is 0 Å². The first-order chi connectivity index (χ1) is 5.59. The topological polar surface area (TPSA) is 48.1 Å². The predicted octanol–water partition coefficient (Wildman–Crippen LogP) is 2.10. The van der Waals surface area contributed by atoms with E-state index in [2.05, 4.69) is 4.98 Å². The minimum atomic E-state index is 0.0540. The lowest BCUT2D eigenvalue weighted by Gasteiger charge is -2.10. The lowest BCUT2D eigenvalue weighted by molar-refractivity contribution is 0.234. The van der Waals surface area contributed by atoms with Crippen LogP contribution in [0, 0.1) is 0 Å². The standard InChI is InChI=1S/C8H11ClN2O/c1-5(2)12-8-6(10)3-4-7(9)11-8/h3-5H,10H2,1-2H3. The van der Waals surface area contributed by atoms with Crippen molar-refractivity contribution in [3.05, 3.63) is 17.3 Å². The summed E-state index contributed by atoms with van der Waals surface area (Å²) in [6.45, 7) is 3.81. The van der Waals surface area contributed by atoms with Crippen molar-refractivity contribution in [2.45, 2.75) is 20.0 Å². The SMILES string of the molecule is CC(C)Oc1nc(Cl)ccc1N. The smallest absolute Gasteiger partial charge is 0.238 e. The molecule has 0 spiro atoms. The number of hydrogen-bond donors (Lipinski definition) is 1. The van der Waals surface area contributed by atoms with Crippen LogP contribution in [0.15, 0.2) is 12.1 Å². The Morgan fingerprint density at radius 1 is 1.50 bits per heavy atom. The van der Waals surface area contributed by atoms with Gasteiger partial charge >= 0.3 is 0 Å². The first-order valence-corrected chi connectivity index (χ1v) is 4.06. The largest absolute Gasteiger partial charge is 0.473 e. The van der Waals surface area contributed by atoms with Crippen molar-refractivity contribution >= 4 is 17.3 Å². The fraction of sp³-hybridized carbons (Fsp3) is 0.375. The number of nitrogens with zero attached hydrogens (tertiary/aromatic N) is 1. The number of aromatic nitrogens is 1. The molecule has 0 bridgehead atoms. The molecule has 0 atom stereocenters. The van der Waals surface area contributed by atoms with E-state index in [4.69, 9.17) is 22.1 Å². The van der Waals surface area contributed by atoms with Crippen molar-refractivity contribution in [3.8, 4) is 5.88 Å². The second-order valence-corrected chi connectivity index (χ2v) is 3.08. The van der Waals surface area contributed by atoms with Crippen molar-refractivity contribution in [3.63, 3.8) is 0 Å². The molecule has 4 heteroatoms. The number of nitrogen functional groups attached to an aromatic ring is 1. The highest BCUT2D eigenvalue weighted by molar-refractivity contribution is 6.29. The molecule has 0 aliphatic carbocycles. The number of rotatable bonds is 2. The molecule has 0 saturated heterocycles. The van der Waals surface area contributed by atoms with Crippen LogP contribution in [0.4, 0.5) is 5.69 Å². The highest BCUT2D eigenvalue weighted by Crippen LogP contribution is 2.21. The van der Waals surface area contributed by atoms with Gasteiger partial charge < -0.3 is 10.5 Å². The maximum absolute atomic E-state index is 5.65. The number of ether oxygens (including phenoxy) is 1. The van der Waals surface area contributed by atoms with Crippen molar-refractivity contribution < 1.29 is 4.74 Å². The third-order valence-electron chi connectivity index (χ3n) is 1.20. The van der Waals surface area contributed by atoms with E-state index < -0.39 is 0 Å². The number of hydrogen-bond acceptors (Lipinski definition) is 3. The minimum absolute atomic E-state index is 0.0540. The molecule has 66 valence electrons. The summed E-state index contributed by atoms with van der Waals surface area (Å²) < 4.78 is 5.31. The van der Waals surface area contributed by atoms with Crippen LogP contribution in [0.1, 0.15) is 13.8 Å². The van der Waals surface area contributed by atoms with Crippen LogP contribution in [-0.2, 0) is 0 Å². The minimum Gasteiger partial charge on any atom is -0.473 e. The average Bonchev–Trinajstić information content (AvgIpc) is 1.96.